The molecular weight excluding hydrogens is 368 g/mol. The Morgan fingerprint density at radius 2 is 1.81 bits per heavy atom. The van der Waals surface area contributed by atoms with Crippen LogP contribution in [0.25, 0.3) is 6.08 Å². The first-order valence-electron chi connectivity index (χ1n) is 8.66. The Balaban J connectivity index is 2.00. The van der Waals surface area contributed by atoms with Gasteiger partial charge in [0.1, 0.15) is 12.4 Å². The number of sulfonamides is 1. The molecule has 2 aromatic rings. The van der Waals surface area contributed by atoms with Crippen LogP contribution in [0.3, 0.4) is 0 Å². The van der Waals surface area contributed by atoms with Gasteiger partial charge in [-0.05, 0) is 37.6 Å². The van der Waals surface area contributed by atoms with E-state index in [4.69, 9.17) is 9.26 Å². The molecule has 1 heterocycles. The third kappa shape index (κ3) is 5.05. The molecular formula is C19H24N2O5S. The molecule has 0 spiro atoms. The van der Waals surface area contributed by atoms with E-state index in [1.165, 1.54) is 22.5 Å². The van der Waals surface area contributed by atoms with Crippen LogP contribution in [0.2, 0.25) is 0 Å². The number of carbonyl (C=O) groups excluding carboxylic acids is 1. The summed E-state index contributed by atoms with van der Waals surface area (Å²) in [6.07, 6.45) is 2.87. The summed E-state index contributed by atoms with van der Waals surface area (Å²) in [7, 11) is -3.49. The van der Waals surface area contributed by atoms with Crippen LogP contribution in [-0.2, 0) is 26.2 Å². The number of rotatable bonds is 8. The van der Waals surface area contributed by atoms with E-state index in [1.807, 2.05) is 0 Å². The molecule has 8 heteroatoms. The minimum absolute atomic E-state index is 0.0887. The smallest absolute Gasteiger partial charge is 0.331 e. The first-order chi connectivity index (χ1) is 12.8. The Bertz CT molecular complexity index is 891. The van der Waals surface area contributed by atoms with Crippen LogP contribution in [0.15, 0.2) is 39.8 Å². The highest BCUT2D eigenvalue weighted by Crippen LogP contribution is 2.17. The summed E-state index contributed by atoms with van der Waals surface area (Å²) in [5, 5.41) is 3.80. The first kappa shape index (κ1) is 20.9. The van der Waals surface area contributed by atoms with Gasteiger partial charge in [-0.25, -0.2) is 13.2 Å². The van der Waals surface area contributed by atoms with E-state index < -0.39 is 16.0 Å². The lowest BCUT2D eigenvalue weighted by Gasteiger charge is -2.18. The Kier molecular flexibility index (Phi) is 6.92. The molecule has 0 saturated carbocycles. The average molecular weight is 392 g/mol. The number of nitrogens with zero attached hydrogens (tertiary/aromatic N) is 2. The second-order valence-electron chi connectivity index (χ2n) is 5.90. The predicted octanol–water partition coefficient (Wildman–Crippen LogP) is 3.08. The monoisotopic (exact) mass is 392 g/mol. The van der Waals surface area contributed by atoms with E-state index >= 15 is 0 Å². The number of aromatic nitrogens is 1. The molecule has 0 bridgehead atoms. The zero-order valence-electron chi connectivity index (χ0n) is 15.9. The Morgan fingerprint density at radius 1 is 1.19 bits per heavy atom. The largest absolute Gasteiger partial charge is 0.457 e. The zero-order chi connectivity index (χ0) is 20.0. The van der Waals surface area contributed by atoms with Crippen molar-refractivity contribution in [3.63, 3.8) is 0 Å². The van der Waals surface area contributed by atoms with Crippen LogP contribution in [0.1, 0.15) is 36.4 Å². The highest BCUT2D eigenvalue weighted by molar-refractivity contribution is 7.89. The first-order valence-corrected chi connectivity index (χ1v) is 10.1. The Hall–Kier alpha value is -2.45. The van der Waals surface area contributed by atoms with Crippen LogP contribution in [0.5, 0.6) is 0 Å². The van der Waals surface area contributed by atoms with Crippen molar-refractivity contribution >= 4 is 22.1 Å². The molecule has 0 aliphatic rings. The highest BCUT2D eigenvalue weighted by atomic mass is 32.2. The van der Waals surface area contributed by atoms with Gasteiger partial charge in [0.2, 0.25) is 10.0 Å². The maximum atomic E-state index is 12.4. The molecule has 0 aliphatic heterocycles. The number of ether oxygens (including phenoxy) is 1. The standard InChI is InChI=1S/C19H24N2O5S/c1-5-21(6-2)27(23,24)17-10-7-16(8-11-17)9-12-19(22)25-13-18-14(3)20-26-15(18)4/h7-12H,5-6,13H2,1-4H3. The molecule has 146 valence electrons. The average Bonchev–Trinajstić information content (AvgIpc) is 2.97. The molecule has 0 fully saturated rings. The Morgan fingerprint density at radius 3 is 2.33 bits per heavy atom. The molecule has 0 unspecified atom stereocenters. The van der Waals surface area contributed by atoms with Crippen molar-refractivity contribution in [1.82, 2.24) is 9.46 Å². The van der Waals surface area contributed by atoms with Crippen molar-refractivity contribution in [1.29, 1.82) is 0 Å². The second-order valence-corrected chi connectivity index (χ2v) is 7.84. The lowest BCUT2D eigenvalue weighted by atomic mass is 10.2. The fraction of sp³-hybridized carbons (Fsp3) is 0.368. The van der Waals surface area contributed by atoms with Crippen LogP contribution >= 0.6 is 0 Å². The topological polar surface area (TPSA) is 89.7 Å². The van der Waals surface area contributed by atoms with Gasteiger partial charge in [0.05, 0.1) is 16.2 Å². The predicted molar refractivity (Wildman–Crippen MR) is 101 cm³/mol. The summed E-state index contributed by atoms with van der Waals surface area (Å²) in [5.41, 5.74) is 2.14. The fourth-order valence-electron chi connectivity index (χ4n) is 2.53. The van der Waals surface area contributed by atoms with E-state index in [2.05, 4.69) is 5.16 Å². The minimum Gasteiger partial charge on any atom is -0.457 e. The SMILES string of the molecule is CCN(CC)S(=O)(=O)c1ccc(C=CC(=O)OCc2c(C)noc2C)cc1. The summed E-state index contributed by atoms with van der Waals surface area (Å²) in [6.45, 7) is 8.05. The molecule has 0 saturated heterocycles. The lowest BCUT2D eigenvalue weighted by molar-refractivity contribution is -0.138. The van der Waals surface area contributed by atoms with Gasteiger partial charge in [-0.1, -0.05) is 31.1 Å². The highest BCUT2D eigenvalue weighted by Gasteiger charge is 2.20. The molecule has 0 amide bonds. The third-order valence-electron chi connectivity index (χ3n) is 4.18. The number of hydrogen-bond acceptors (Lipinski definition) is 6. The lowest BCUT2D eigenvalue weighted by Crippen LogP contribution is -2.30. The van der Waals surface area contributed by atoms with E-state index in [0.717, 1.165) is 5.56 Å². The maximum absolute atomic E-state index is 12.4. The molecule has 1 aromatic heterocycles. The quantitative estimate of drug-likeness (QED) is 0.507. The van der Waals surface area contributed by atoms with Crippen molar-refractivity contribution in [3.8, 4) is 0 Å². The normalized spacial score (nSPS) is 12.0. The summed E-state index contributed by atoms with van der Waals surface area (Å²) in [4.78, 5) is 12.1. The maximum Gasteiger partial charge on any atom is 0.331 e. The molecule has 2 rings (SSSR count). The molecule has 0 atom stereocenters. The van der Waals surface area contributed by atoms with E-state index in [9.17, 15) is 13.2 Å². The fourth-order valence-corrected chi connectivity index (χ4v) is 3.99. The Labute approximate surface area is 159 Å². The van der Waals surface area contributed by atoms with Crippen molar-refractivity contribution in [2.45, 2.75) is 39.2 Å². The summed E-state index contributed by atoms with van der Waals surface area (Å²) in [5.74, 6) is 0.115. The van der Waals surface area contributed by atoms with Crippen LogP contribution in [-0.4, -0.2) is 36.9 Å². The van der Waals surface area contributed by atoms with Gasteiger partial charge in [0, 0.05) is 19.2 Å². The van der Waals surface area contributed by atoms with E-state index in [-0.39, 0.29) is 11.5 Å². The van der Waals surface area contributed by atoms with Crippen LogP contribution < -0.4 is 0 Å². The molecule has 0 radical (unpaired) electrons. The van der Waals surface area contributed by atoms with Gasteiger partial charge < -0.3 is 9.26 Å². The number of aryl methyl sites for hydroxylation is 2. The van der Waals surface area contributed by atoms with E-state index in [0.29, 0.717) is 30.1 Å². The molecule has 0 aliphatic carbocycles. The van der Waals surface area contributed by atoms with Gasteiger partial charge in [0.25, 0.3) is 0 Å². The van der Waals surface area contributed by atoms with Crippen molar-refractivity contribution in [2.75, 3.05) is 13.1 Å². The minimum atomic E-state index is -3.49. The molecule has 27 heavy (non-hydrogen) atoms. The summed E-state index contributed by atoms with van der Waals surface area (Å²) in [6, 6.07) is 6.36. The van der Waals surface area contributed by atoms with Gasteiger partial charge in [-0.3, -0.25) is 0 Å². The molecule has 0 N–H and O–H groups in total. The number of esters is 1. The van der Waals surface area contributed by atoms with Crippen molar-refractivity contribution in [3.05, 3.63) is 52.9 Å². The van der Waals surface area contributed by atoms with Crippen LogP contribution in [0.4, 0.5) is 0 Å². The van der Waals surface area contributed by atoms with Crippen molar-refractivity contribution in [2.24, 2.45) is 0 Å². The van der Waals surface area contributed by atoms with Gasteiger partial charge in [-0.15, -0.1) is 0 Å². The molecule has 1 aromatic carbocycles. The van der Waals surface area contributed by atoms with Gasteiger partial charge >= 0.3 is 5.97 Å². The second kappa shape index (κ2) is 8.96. The van der Waals surface area contributed by atoms with Gasteiger partial charge in [-0.2, -0.15) is 4.31 Å². The number of benzene rings is 1. The van der Waals surface area contributed by atoms with Crippen molar-refractivity contribution < 1.29 is 22.5 Å². The van der Waals surface area contributed by atoms with Crippen LogP contribution in [0, 0.1) is 13.8 Å². The molecule has 7 nitrogen and oxygen atoms in total. The van der Waals surface area contributed by atoms with Gasteiger partial charge in [0.15, 0.2) is 0 Å². The third-order valence-corrected chi connectivity index (χ3v) is 6.24. The summed E-state index contributed by atoms with van der Waals surface area (Å²) < 4.78 is 36.5. The van der Waals surface area contributed by atoms with E-state index in [1.54, 1.807) is 45.9 Å². The number of carbonyl (C=O) groups is 1. The zero-order valence-corrected chi connectivity index (χ0v) is 16.7. The summed E-state index contributed by atoms with van der Waals surface area (Å²) >= 11 is 0. The number of hydrogen-bond donors (Lipinski definition) is 0.